The van der Waals surface area contributed by atoms with Crippen LogP contribution < -0.4 is 15.4 Å². The maximum atomic E-state index is 13.0. The van der Waals surface area contributed by atoms with Crippen LogP contribution in [0.4, 0.5) is 24.5 Å². The van der Waals surface area contributed by atoms with Crippen molar-refractivity contribution in [3.8, 4) is 17.1 Å². The number of tetrazole rings is 1. The molecule has 0 unspecified atom stereocenters. The van der Waals surface area contributed by atoms with Crippen LogP contribution in [0.25, 0.3) is 11.4 Å². The first-order valence-electron chi connectivity index (χ1n) is 10.5. The fraction of sp³-hybridized carbons (Fsp3) is 0.125. The van der Waals surface area contributed by atoms with Crippen LogP contribution in [0.2, 0.25) is 0 Å². The van der Waals surface area contributed by atoms with Crippen molar-refractivity contribution in [2.75, 3.05) is 17.7 Å². The number of rotatable bonds is 7. The second-order valence-corrected chi connectivity index (χ2v) is 7.50. The van der Waals surface area contributed by atoms with Crippen molar-refractivity contribution in [2.45, 2.75) is 12.7 Å². The lowest BCUT2D eigenvalue weighted by atomic mass is 10.1. The maximum Gasteiger partial charge on any atom is 0.416 e. The molecule has 12 heteroatoms. The molecule has 184 valence electrons. The normalized spacial score (nSPS) is 11.1. The van der Waals surface area contributed by atoms with Gasteiger partial charge in [-0.3, -0.25) is 9.59 Å². The quantitative estimate of drug-likeness (QED) is 0.396. The Kier molecular flexibility index (Phi) is 6.95. The molecular weight excluding hydrogens is 477 g/mol. The molecular formula is C24H19F3N6O3. The number of nitrogens with zero attached hydrogens (tertiary/aromatic N) is 4. The maximum absolute atomic E-state index is 13.0. The zero-order valence-electron chi connectivity index (χ0n) is 18.8. The molecule has 0 aliphatic heterocycles. The van der Waals surface area contributed by atoms with Crippen LogP contribution in [0.1, 0.15) is 15.9 Å². The molecule has 0 spiro atoms. The molecule has 36 heavy (non-hydrogen) atoms. The number of carbonyl (C=O) groups is 2. The molecule has 1 heterocycles. The molecule has 2 amide bonds. The van der Waals surface area contributed by atoms with Crippen molar-refractivity contribution < 1.29 is 27.5 Å². The van der Waals surface area contributed by atoms with E-state index >= 15 is 0 Å². The van der Waals surface area contributed by atoms with Gasteiger partial charge in [-0.2, -0.15) is 18.0 Å². The summed E-state index contributed by atoms with van der Waals surface area (Å²) in [7, 11) is 1.54. The van der Waals surface area contributed by atoms with Crippen LogP contribution in [0.15, 0.2) is 72.8 Å². The van der Waals surface area contributed by atoms with Gasteiger partial charge in [0.1, 0.15) is 12.3 Å². The largest absolute Gasteiger partial charge is 0.497 e. The first-order chi connectivity index (χ1) is 17.2. The van der Waals surface area contributed by atoms with Gasteiger partial charge in [-0.15, -0.1) is 10.2 Å². The molecule has 0 saturated heterocycles. The third kappa shape index (κ3) is 5.84. The molecule has 9 nitrogen and oxygen atoms in total. The lowest BCUT2D eigenvalue weighted by Crippen LogP contribution is -2.22. The Morgan fingerprint density at radius 3 is 2.44 bits per heavy atom. The summed E-state index contributed by atoms with van der Waals surface area (Å²) in [5.74, 6) is -0.429. The Hall–Kier alpha value is -4.74. The Labute approximate surface area is 202 Å². The molecule has 0 aliphatic carbocycles. The van der Waals surface area contributed by atoms with E-state index in [0.29, 0.717) is 11.4 Å². The van der Waals surface area contributed by atoms with Crippen LogP contribution in [-0.2, 0) is 17.5 Å². The summed E-state index contributed by atoms with van der Waals surface area (Å²) in [6, 6.07) is 17.6. The number of aromatic nitrogens is 4. The van der Waals surface area contributed by atoms with Crippen LogP contribution in [-0.4, -0.2) is 39.1 Å². The van der Waals surface area contributed by atoms with Crippen molar-refractivity contribution >= 4 is 23.2 Å². The van der Waals surface area contributed by atoms with Gasteiger partial charge in [-0.1, -0.05) is 24.3 Å². The van der Waals surface area contributed by atoms with E-state index in [9.17, 15) is 22.8 Å². The van der Waals surface area contributed by atoms with Gasteiger partial charge >= 0.3 is 6.18 Å². The summed E-state index contributed by atoms with van der Waals surface area (Å²) in [5, 5.41) is 16.8. The SMILES string of the molecule is COc1ccc(NC(=O)c2ccccc2NC(=O)Cn2nnc(-c3cccc(C(F)(F)F)c3)n2)cc1. The zero-order chi connectivity index (χ0) is 25.7. The average Bonchev–Trinajstić information content (AvgIpc) is 3.32. The molecule has 4 rings (SSSR count). The van der Waals surface area contributed by atoms with Crippen molar-refractivity contribution in [1.29, 1.82) is 0 Å². The molecule has 0 aliphatic rings. The summed E-state index contributed by atoms with van der Waals surface area (Å²) in [6.45, 7) is -0.375. The minimum Gasteiger partial charge on any atom is -0.497 e. The number of carbonyl (C=O) groups excluding carboxylic acids is 2. The highest BCUT2D eigenvalue weighted by molar-refractivity contribution is 6.10. The van der Waals surface area contributed by atoms with Crippen molar-refractivity contribution in [3.63, 3.8) is 0 Å². The molecule has 2 N–H and O–H groups in total. The highest BCUT2D eigenvalue weighted by Crippen LogP contribution is 2.31. The molecule has 0 saturated carbocycles. The predicted octanol–water partition coefficient (Wildman–Crippen LogP) is 4.26. The third-order valence-corrected chi connectivity index (χ3v) is 4.98. The summed E-state index contributed by atoms with van der Waals surface area (Å²) < 4.78 is 44.0. The standard InChI is InChI=1S/C24H19F3N6O3/c1-36-18-11-9-17(10-12-18)28-23(35)19-7-2-3-8-20(19)29-21(34)14-33-31-22(30-32-33)15-5-4-6-16(13-15)24(25,26)27/h2-13H,14H2,1H3,(H,28,35)(H,29,34). The fourth-order valence-electron chi connectivity index (χ4n) is 3.24. The smallest absolute Gasteiger partial charge is 0.416 e. The molecule has 3 aromatic carbocycles. The highest BCUT2D eigenvalue weighted by atomic mass is 19.4. The van der Waals surface area contributed by atoms with Gasteiger partial charge in [-0.05, 0) is 53.7 Å². The van der Waals surface area contributed by atoms with Gasteiger partial charge < -0.3 is 15.4 Å². The van der Waals surface area contributed by atoms with E-state index in [1.54, 1.807) is 48.5 Å². The third-order valence-electron chi connectivity index (χ3n) is 4.98. The predicted molar refractivity (Wildman–Crippen MR) is 124 cm³/mol. The lowest BCUT2D eigenvalue weighted by molar-refractivity contribution is -0.137. The first kappa shape index (κ1) is 24.4. The Morgan fingerprint density at radius 2 is 1.72 bits per heavy atom. The number of benzene rings is 3. The average molecular weight is 496 g/mol. The number of alkyl halides is 3. The van der Waals surface area contributed by atoms with Crippen LogP contribution in [0.5, 0.6) is 5.75 Å². The summed E-state index contributed by atoms with van der Waals surface area (Å²) in [5.41, 5.74) is 0.274. The number of hydrogen-bond donors (Lipinski definition) is 2. The number of methoxy groups -OCH3 is 1. The zero-order valence-corrected chi connectivity index (χ0v) is 18.8. The van der Waals surface area contributed by atoms with E-state index in [1.807, 2.05) is 0 Å². The van der Waals surface area contributed by atoms with E-state index in [4.69, 9.17) is 4.74 Å². The Bertz CT molecular complexity index is 1390. The summed E-state index contributed by atoms with van der Waals surface area (Å²) >= 11 is 0. The molecule has 1 aromatic heterocycles. The number of amides is 2. The van der Waals surface area contributed by atoms with E-state index in [1.165, 1.54) is 19.2 Å². The van der Waals surface area contributed by atoms with Crippen molar-refractivity contribution in [3.05, 3.63) is 83.9 Å². The Morgan fingerprint density at radius 1 is 0.972 bits per heavy atom. The van der Waals surface area contributed by atoms with Gasteiger partial charge in [-0.25, -0.2) is 0 Å². The number of anilines is 2. The van der Waals surface area contributed by atoms with Gasteiger partial charge in [0.15, 0.2) is 0 Å². The molecule has 0 fully saturated rings. The summed E-state index contributed by atoms with van der Waals surface area (Å²) in [6.07, 6.45) is -4.51. The van der Waals surface area contributed by atoms with Crippen LogP contribution in [0.3, 0.4) is 0 Å². The van der Waals surface area contributed by atoms with Gasteiger partial charge in [0.2, 0.25) is 11.7 Å². The number of para-hydroxylation sites is 1. The van der Waals surface area contributed by atoms with E-state index in [0.717, 1.165) is 16.9 Å². The first-order valence-corrected chi connectivity index (χ1v) is 10.5. The topological polar surface area (TPSA) is 111 Å². The lowest BCUT2D eigenvalue weighted by Gasteiger charge is -2.11. The minimum absolute atomic E-state index is 0.0619. The second kappa shape index (κ2) is 10.3. The molecule has 0 radical (unpaired) electrons. The Balaban J connectivity index is 1.43. The number of halogens is 3. The number of nitrogens with one attached hydrogen (secondary N) is 2. The van der Waals surface area contributed by atoms with E-state index < -0.39 is 23.6 Å². The van der Waals surface area contributed by atoms with Crippen molar-refractivity contribution in [2.24, 2.45) is 0 Å². The fourth-order valence-corrected chi connectivity index (χ4v) is 3.24. The highest BCUT2D eigenvalue weighted by Gasteiger charge is 2.30. The van der Waals surface area contributed by atoms with Crippen LogP contribution in [0, 0.1) is 0 Å². The minimum atomic E-state index is -4.51. The second-order valence-electron chi connectivity index (χ2n) is 7.50. The molecule has 0 atom stereocenters. The summed E-state index contributed by atoms with van der Waals surface area (Å²) in [4.78, 5) is 26.3. The number of ether oxygens (including phenoxy) is 1. The molecule has 4 aromatic rings. The van der Waals surface area contributed by atoms with Crippen molar-refractivity contribution in [1.82, 2.24) is 20.2 Å². The van der Waals surface area contributed by atoms with Crippen LogP contribution >= 0.6 is 0 Å². The molecule has 0 bridgehead atoms. The van der Waals surface area contributed by atoms with Gasteiger partial charge in [0, 0.05) is 11.3 Å². The van der Waals surface area contributed by atoms with E-state index in [-0.39, 0.29) is 29.2 Å². The number of hydrogen-bond acceptors (Lipinski definition) is 6. The van der Waals surface area contributed by atoms with E-state index in [2.05, 4.69) is 26.0 Å². The monoisotopic (exact) mass is 496 g/mol. The van der Waals surface area contributed by atoms with Gasteiger partial charge in [0.25, 0.3) is 5.91 Å². The van der Waals surface area contributed by atoms with Gasteiger partial charge in [0.05, 0.1) is 23.9 Å².